The van der Waals surface area contributed by atoms with Gasteiger partial charge in [-0.3, -0.25) is 0 Å². The van der Waals surface area contributed by atoms with E-state index >= 15 is 0 Å². The third-order valence-electron chi connectivity index (χ3n) is 3.19. The molecular weight excluding hydrogens is 222 g/mol. The molecule has 1 aliphatic carbocycles. The summed E-state index contributed by atoms with van der Waals surface area (Å²) in [6.07, 6.45) is 2.68. The molecule has 0 unspecified atom stereocenters. The number of aryl methyl sites for hydroxylation is 2. The number of hydrogen-bond acceptors (Lipinski definition) is 5. The highest BCUT2D eigenvalue weighted by Crippen LogP contribution is 2.26. The van der Waals surface area contributed by atoms with Crippen LogP contribution in [0, 0.1) is 13.8 Å². The standard InChI is InChI=1S/C12H17NO4/c1-7-11(8(2)17-13-7)12(14)16-10-6-4-5-9(10)15-3/h9-10H,4-6H2,1-3H3/t9-,10-/m1/s1. The summed E-state index contributed by atoms with van der Waals surface area (Å²) in [5.41, 5.74) is 1.01. The minimum atomic E-state index is -0.366. The summed E-state index contributed by atoms with van der Waals surface area (Å²) in [6.45, 7) is 3.44. The van der Waals surface area contributed by atoms with Gasteiger partial charge in [0.2, 0.25) is 0 Å². The van der Waals surface area contributed by atoms with Gasteiger partial charge in [0, 0.05) is 7.11 Å². The van der Waals surface area contributed by atoms with E-state index in [4.69, 9.17) is 14.0 Å². The smallest absolute Gasteiger partial charge is 0.344 e. The lowest BCUT2D eigenvalue weighted by molar-refractivity contribution is -0.0208. The third kappa shape index (κ3) is 2.34. The molecule has 94 valence electrons. The van der Waals surface area contributed by atoms with Crippen LogP contribution >= 0.6 is 0 Å². The molecule has 0 bridgehead atoms. The van der Waals surface area contributed by atoms with Gasteiger partial charge in [0.25, 0.3) is 0 Å². The van der Waals surface area contributed by atoms with Crippen molar-refractivity contribution in [2.45, 2.75) is 45.3 Å². The molecule has 5 heteroatoms. The Labute approximate surface area is 100 Å². The van der Waals surface area contributed by atoms with Crippen molar-refractivity contribution in [3.05, 3.63) is 17.0 Å². The summed E-state index contributed by atoms with van der Waals surface area (Å²) in [4.78, 5) is 12.0. The molecule has 0 saturated heterocycles. The van der Waals surface area contributed by atoms with E-state index in [1.54, 1.807) is 21.0 Å². The zero-order valence-electron chi connectivity index (χ0n) is 10.4. The van der Waals surface area contributed by atoms with Crippen molar-refractivity contribution in [2.75, 3.05) is 7.11 Å². The van der Waals surface area contributed by atoms with Crippen LogP contribution < -0.4 is 0 Å². The molecule has 1 saturated carbocycles. The molecule has 2 atom stereocenters. The number of carbonyl (C=O) groups excluding carboxylic acids is 1. The topological polar surface area (TPSA) is 61.6 Å². The van der Waals surface area contributed by atoms with Crippen LogP contribution in [0.5, 0.6) is 0 Å². The van der Waals surface area contributed by atoms with Crippen LogP contribution in [0.1, 0.15) is 41.1 Å². The van der Waals surface area contributed by atoms with Gasteiger partial charge in [-0.05, 0) is 33.1 Å². The van der Waals surface area contributed by atoms with Crippen LogP contribution in [0.4, 0.5) is 0 Å². The zero-order valence-corrected chi connectivity index (χ0v) is 10.4. The molecule has 1 aromatic heterocycles. The van der Waals surface area contributed by atoms with Gasteiger partial charge in [0.15, 0.2) is 0 Å². The van der Waals surface area contributed by atoms with E-state index in [-0.39, 0.29) is 18.2 Å². The van der Waals surface area contributed by atoms with E-state index in [1.807, 2.05) is 0 Å². The van der Waals surface area contributed by atoms with Crippen LogP contribution in [-0.4, -0.2) is 30.4 Å². The second-order valence-corrected chi connectivity index (χ2v) is 4.35. The summed E-state index contributed by atoms with van der Waals surface area (Å²) in [6, 6.07) is 0. The van der Waals surface area contributed by atoms with Crippen molar-refractivity contribution >= 4 is 5.97 Å². The Morgan fingerprint density at radius 3 is 2.65 bits per heavy atom. The summed E-state index contributed by atoms with van der Waals surface area (Å²) >= 11 is 0. The molecule has 0 aliphatic heterocycles. The Hall–Kier alpha value is -1.36. The maximum absolute atomic E-state index is 12.0. The van der Waals surface area contributed by atoms with Gasteiger partial charge in [0.05, 0.1) is 11.8 Å². The Kier molecular flexibility index (Phi) is 3.47. The van der Waals surface area contributed by atoms with Crippen molar-refractivity contribution in [3.63, 3.8) is 0 Å². The van der Waals surface area contributed by atoms with Gasteiger partial charge in [-0.25, -0.2) is 4.79 Å². The molecule has 0 N–H and O–H groups in total. The number of nitrogens with zero attached hydrogens (tertiary/aromatic N) is 1. The van der Waals surface area contributed by atoms with Gasteiger partial charge in [0.1, 0.15) is 17.4 Å². The minimum Gasteiger partial charge on any atom is -0.456 e. The van der Waals surface area contributed by atoms with E-state index < -0.39 is 0 Å². The van der Waals surface area contributed by atoms with Crippen molar-refractivity contribution in [3.8, 4) is 0 Å². The molecule has 1 aromatic rings. The highest BCUT2D eigenvalue weighted by atomic mass is 16.6. The molecule has 5 nitrogen and oxygen atoms in total. The second-order valence-electron chi connectivity index (χ2n) is 4.35. The van der Waals surface area contributed by atoms with E-state index in [1.165, 1.54) is 0 Å². The normalized spacial score (nSPS) is 23.9. The predicted molar refractivity (Wildman–Crippen MR) is 59.8 cm³/mol. The monoisotopic (exact) mass is 239 g/mol. The largest absolute Gasteiger partial charge is 0.456 e. The molecule has 1 aliphatic rings. The maximum atomic E-state index is 12.0. The average molecular weight is 239 g/mol. The number of ether oxygens (including phenoxy) is 2. The van der Waals surface area contributed by atoms with Crippen LogP contribution in [0.2, 0.25) is 0 Å². The van der Waals surface area contributed by atoms with Crippen LogP contribution in [0.3, 0.4) is 0 Å². The Morgan fingerprint density at radius 1 is 1.35 bits per heavy atom. The Morgan fingerprint density at radius 2 is 2.06 bits per heavy atom. The highest BCUT2D eigenvalue weighted by Gasteiger charge is 2.32. The van der Waals surface area contributed by atoms with E-state index in [2.05, 4.69) is 5.16 Å². The van der Waals surface area contributed by atoms with E-state index in [0.29, 0.717) is 17.0 Å². The van der Waals surface area contributed by atoms with Gasteiger partial charge in [-0.2, -0.15) is 0 Å². The first-order chi connectivity index (χ1) is 8.13. The quantitative estimate of drug-likeness (QED) is 0.755. The van der Waals surface area contributed by atoms with Crippen LogP contribution in [0.15, 0.2) is 4.52 Å². The summed E-state index contributed by atoms with van der Waals surface area (Å²) in [5, 5.41) is 3.74. The lowest BCUT2D eigenvalue weighted by Gasteiger charge is -2.18. The number of esters is 1. The molecule has 0 spiro atoms. The maximum Gasteiger partial charge on any atom is 0.344 e. The first-order valence-corrected chi connectivity index (χ1v) is 5.80. The molecule has 0 aromatic carbocycles. The predicted octanol–water partition coefficient (Wildman–Crippen LogP) is 2.02. The molecular formula is C12H17NO4. The highest BCUT2D eigenvalue weighted by molar-refractivity contribution is 5.91. The number of hydrogen-bond donors (Lipinski definition) is 0. The molecule has 0 amide bonds. The van der Waals surface area contributed by atoms with Gasteiger partial charge < -0.3 is 14.0 Å². The van der Waals surface area contributed by atoms with Crippen LogP contribution in [0.25, 0.3) is 0 Å². The fraction of sp³-hybridized carbons (Fsp3) is 0.667. The number of carbonyl (C=O) groups is 1. The minimum absolute atomic E-state index is 0.0134. The molecule has 1 heterocycles. The fourth-order valence-corrected chi connectivity index (χ4v) is 2.27. The lowest BCUT2D eigenvalue weighted by Crippen LogP contribution is -2.28. The van der Waals surface area contributed by atoms with E-state index in [0.717, 1.165) is 19.3 Å². The van der Waals surface area contributed by atoms with Crippen molar-refractivity contribution in [1.82, 2.24) is 5.16 Å². The van der Waals surface area contributed by atoms with Crippen molar-refractivity contribution in [2.24, 2.45) is 0 Å². The summed E-state index contributed by atoms with van der Waals surface area (Å²) in [5.74, 6) is 0.134. The molecule has 17 heavy (non-hydrogen) atoms. The SMILES string of the molecule is CO[C@@H]1CCC[C@H]1OC(=O)c1c(C)noc1C. The molecule has 2 rings (SSSR count). The Bertz CT molecular complexity index is 393. The fourth-order valence-electron chi connectivity index (χ4n) is 2.27. The molecule has 0 radical (unpaired) electrons. The van der Waals surface area contributed by atoms with Gasteiger partial charge >= 0.3 is 5.97 Å². The van der Waals surface area contributed by atoms with Crippen molar-refractivity contribution < 1.29 is 18.8 Å². The van der Waals surface area contributed by atoms with Crippen molar-refractivity contribution in [1.29, 1.82) is 0 Å². The first-order valence-electron chi connectivity index (χ1n) is 5.80. The van der Waals surface area contributed by atoms with Gasteiger partial charge in [-0.15, -0.1) is 0 Å². The average Bonchev–Trinajstić information content (AvgIpc) is 2.85. The number of aromatic nitrogens is 1. The van der Waals surface area contributed by atoms with E-state index in [9.17, 15) is 4.79 Å². The van der Waals surface area contributed by atoms with Crippen LogP contribution in [-0.2, 0) is 9.47 Å². The lowest BCUT2D eigenvalue weighted by atomic mass is 10.2. The summed E-state index contributed by atoms with van der Waals surface area (Å²) < 4.78 is 15.7. The number of rotatable bonds is 3. The Balaban J connectivity index is 2.07. The second kappa shape index (κ2) is 4.87. The summed E-state index contributed by atoms with van der Waals surface area (Å²) in [7, 11) is 1.65. The first kappa shape index (κ1) is 12.1. The third-order valence-corrected chi connectivity index (χ3v) is 3.19. The van der Waals surface area contributed by atoms with Gasteiger partial charge in [-0.1, -0.05) is 5.16 Å². The number of methoxy groups -OCH3 is 1. The molecule has 1 fully saturated rings. The zero-order chi connectivity index (χ0) is 12.4.